The van der Waals surface area contributed by atoms with Crippen molar-refractivity contribution in [3.05, 3.63) is 120 Å². The lowest BCUT2D eigenvalue weighted by Gasteiger charge is -2.17. The van der Waals surface area contributed by atoms with Crippen LogP contribution in [0, 0.1) is 0 Å². The molecule has 0 amide bonds. The topological polar surface area (TPSA) is 57.0 Å². The molecule has 4 aromatic carbocycles. The molecule has 0 saturated carbocycles. The number of aromatic nitrogens is 3. The van der Waals surface area contributed by atoms with Gasteiger partial charge in [-0.25, -0.2) is 4.68 Å². The Hall–Kier alpha value is -4.03. The van der Waals surface area contributed by atoms with Gasteiger partial charge in [-0.2, -0.15) is 0 Å². The molecule has 1 aromatic heterocycles. The molecule has 0 bridgehead atoms. The number of benzene rings is 4. The van der Waals surface area contributed by atoms with Crippen LogP contribution in [0.15, 0.2) is 114 Å². The van der Waals surface area contributed by atoms with Crippen LogP contribution in [0.2, 0.25) is 0 Å². The molecule has 0 aliphatic carbocycles. The van der Waals surface area contributed by atoms with Crippen molar-refractivity contribution in [2.45, 2.75) is 4.90 Å². The summed E-state index contributed by atoms with van der Waals surface area (Å²) in [7, 11) is 0.394. The van der Waals surface area contributed by atoms with Crippen molar-refractivity contribution in [3.63, 3.8) is 0 Å². The third-order valence-corrected chi connectivity index (χ3v) is 6.97. The molecule has 1 heterocycles. The Morgan fingerprint density at radius 3 is 2.15 bits per heavy atom. The fraction of sp³-hybridized carbons (Fsp3) is 0.0714. The van der Waals surface area contributed by atoms with Gasteiger partial charge in [0.25, 0.3) is 0 Å². The van der Waals surface area contributed by atoms with Crippen LogP contribution < -0.4 is 4.74 Å². The fourth-order valence-corrected chi connectivity index (χ4v) is 5.11. The average Bonchev–Trinajstić information content (AvgIpc) is 3.33. The number of fused-ring (bicyclic) bond motifs is 1. The summed E-state index contributed by atoms with van der Waals surface area (Å²) in [5.41, 5.74) is 5.35. The quantitative estimate of drug-likeness (QED) is 0.291. The minimum atomic E-state index is -1.25. The molecule has 1 atom stereocenters. The molecule has 5 aromatic rings. The van der Waals surface area contributed by atoms with E-state index in [4.69, 9.17) is 4.74 Å². The zero-order valence-corrected chi connectivity index (χ0v) is 19.5. The first kappa shape index (κ1) is 21.8. The van der Waals surface area contributed by atoms with E-state index in [0.717, 1.165) is 44.1 Å². The van der Waals surface area contributed by atoms with Gasteiger partial charge in [-0.15, -0.1) is 5.10 Å². The Morgan fingerprint density at radius 1 is 0.794 bits per heavy atom. The van der Waals surface area contributed by atoms with Crippen LogP contribution >= 0.6 is 0 Å². The number of nitrogens with zero attached hydrogens (tertiary/aromatic N) is 3. The first-order valence-corrected chi connectivity index (χ1v) is 12.2. The fourth-order valence-electron chi connectivity index (χ4n) is 3.92. The molecule has 1 unspecified atom stereocenters. The van der Waals surface area contributed by atoms with Crippen molar-refractivity contribution >= 4 is 33.1 Å². The van der Waals surface area contributed by atoms with Crippen LogP contribution in [0.1, 0.15) is 11.1 Å². The maximum absolute atomic E-state index is 13.5. The largest absolute Gasteiger partial charge is 0.497 e. The van der Waals surface area contributed by atoms with E-state index in [1.807, 2.05) is 114 Å². The second-order valence-corrected chi connectivity index (χ2v) is 9.17. The predicted octanol–water partition coefficient (Wildman–Crippen LogP) is 5.66. The van der Waals surface area contributed by atoms with Gasteiger partial charge in [0.2, 0.25) is 0 Å². The van der Waals surface area contributed by atoms with E-state index >= 15 is 0 Å². The van der Waals surface area contributed by atoms with Crippen LogP contribution in [0.5, 0.6) is 5.75 Å². The van der Waals surface area contributed by atoms with Crippen molar-refractivity contribution in [2.75, 3.05) is 12.9 Å². The number of rotatable bonds is 7. The molecule has 5 rings (SSSR count). The molecule has 34 heavy (non-hydrogen) atoms. The minimum absolute atomic E-state index is 0.323. The van der Waals surface area contributed by atoms with E-state index in [0.29, 0.717) is 5.75 Å². The van der Waals surface area contributed by atoms with Crippen molar-refractivity contribution < 1.29 is 8.95 Å². The van der Waals surface area contributed by atoms with Crippen LogP contribution in [-0.4, -0.2) is 32.1 Å². The second-order valence-electron chi connectivity index (χ2n) is 7.71. The van der Waals surface area contributed by atoms with Crippen molar-refractivity contribution in [2.24, 2.45) is 0 Å². The van der Waals surface area contributed by atoms with E-state index in [1.54, 1.807) is 7.11 Å². The van der Waals surface area contributed by atoms with Gasteiger partial charge in [0.1, 0.15) is 11.3 Å². The van der Waals surface area contributed by atoms with Crippen LogP contribution in [0.4, 0.5) is 0 Å². The smallest absolute Gasteiger partial charge is 0.118 e. The molecule has 0 radical (unpaired) electrons. The Bertz CT molecular complexity index is 1460. The average molecular weight is 466 g/mol. The van der Waals surface area contributed by atoms with Gasteiger partial charge >= 0.3 is 0 Å². The first-order valence-electron chi connectivity index (χ1n) is 10.9. The van der Waals surface area contributed by atoms with E-state index in [1.165, 1.54) is 0 Å². The highest BCUT2D eigenvalue weighted by Gasteiger charge is 2.20. The SMILES string of the molecule is COc1ccc(/C(=C(\CS(=O)c2ccccc2)c2ccccc2)n2nnc3ccccc32)cc1. The molecular formula is C28H23N3O2S. The Morgan fingerprint density at radius 2 is 1.44 bits per heavy atom. The number of ether oxygens (including phenoxy) is 1. The normalized spacial score (nSPS) is 12.9. The lowest BCUT2D eigenvalue weighted by molar-refractivity contribution is 0.415. The molecule has 168 valence electrons. The summed E-state index contributed by atoms with van der Waals surface area (Å²) >= 11 is 0. The van der Waals surface area contributed by atoms with Gasteiger partial charge in [0.05, 0.1) is 34.9 Å². The maximum atomic E-state index is 13.5. The zero-order valence-electron chi connectivity index (χ0n) is 18.7. The first-order chi connectivity index (χ1) is 16.7. The summed E-state index contributed by atoms with van der Waals surface area (Å²) in [6.07, 6.45) is 0. The summed E-state index contributed by atoms with van der Waals surface area (Å²) < 4.78 is 20.7. The van der Waals surface area contributed by atoms with E-state index in [-0.39, 0.29) is 0 Å². The van der Waals surface area contributed by atoms with Gasteiger partial charge < -0.3 is 4.74 Å². The van der Waals surface area contributed by atoms with Gasteiger partial charge in [-0.05, 0) is 59.7 Å². The summed E-state index contributed by atoms with van der Waals surface area (Å²) in [6, 6.07) is 35.3. The second kappa shape index (κ2) is 9.85. The Labute approximate surface area is 200 Å². The monoisotopic (exact) mass is 465 g/mol. The minimum Gasteiger partial charge on any atom is -0.497 e. The summed E-state index contributed by atoms with van der Waals surface area (Å²) in [5.74, 6) is 1.09. The lowest BCUT2D eigenvalue weighted by atomic mass is 10.0. The molecular weight excluding hydrogens is 442 g/mol. The van der Waals surface area contributed by atoms with Gasteiger partial charge in [0.15, 0.2) is 0 Å². The van der Waals surface area contributed by atoms with Crippen LogP contribution in [0.25, 0.3) is 22.3 Å². The van der Waals surface area contributed by atoms with Gasteiger partial charge in [-0.1, -0.05) is 65.9 Å². The number of hydrogen-bond acceptors (Lipinski definition) is 4. The van der Waals surface area contributed by atoms with Crippen molar-refractivity contribution in [3.8, 4) is 5.75 Å². The highest BCUT2D eigenvalue weighted by Crippen LogP contribution is 2.32. The molecule has 0 aliphatic rings. The van der Waals surface area contributed by atoms with E-state index in [2.05, 4.69) is 10.3 Å². The zero-order chi connectivity index (χ0) is 23.3. The molecule has 5 nitrogen and oxygen atoms in total. The summed E-state index contributed by atoms with van der Waals surface area (Å²) in [5, 5.41) is 8.91. The Kier molecular flexibility index (Phi) is 6.31. The molecule has 0 saturated heterocycles. The number of para-hydroxylation sites is 1. The molecule has 0 N–H and O–H groups in total. The third-order valence-electron chi connectivity index (χ3n) is 5.62. The van der Waals surface area contributed by atoms with Gasteiger partial charge in [0, 0.05) is 10.5 Å². The maximum Gasteiger partial charge on any atom is 0.118 e. The van der Waals surface area contributed by atoms with Crippen LogP contribution in [-0.2, 0) is 10.8 Å². The highest BCUT2D eigenvalue weighted by molar-refractivity contribution is 7.85. The molecule has 6 heteroatoms. The molecule has 0 aliphatic heterocycles. The van der Waals surface area contributed by atoms with E-state index < -0.39 is 10.8 Å². The third kappa shape index (κ3) is 4.40. The summed E-state index contributed by atoms with van der Waals surface area (Å²) in [6.45, 7) is 0. The van der Waals surface area contributed by atoms with Crippen LogP contribution in [0.3, 0.4) is 0 Å². The lowest BCUT2D eigenvalue weighted by Crippen LogP contribution is -2.10. The molecule has 0 spiro atoms. The van der Waals surface area contributed by atoms with Crippen molar-refractivity contribution in [1.29, 1.82) is 0 Å². The highest BCUT2D eigenvalue weighted by atomic mass is 32.2. The van der Waals surface area contributed by atoms with Gasteiger partial charge in [-0.3, -0.25) is 4.21 Å². The molecule has 0 fully saturated rings. The van der Waals surface area contributed by atoms with Crippen molar-refractivity contribution in [1.82, 2.24) is 15.0 Å². The van der Waals surface area contributed by atoms with E-state index in [9.17, 15) is 4.21 Å². The summed E-state index contributed by atoms with van der Waals surface area (Å²) in [4.78, 5) is 0.786. The number of methoxy groups -OCH3 is 1. The predicted molar refractivity (Wildman–Crippen MR) is 137 cm³/mol. The Balaban J connectivity index is 1.77. The standard InChI is InChI=1S/C28H23N3O2S/c1-33-23-18-16-22(17-19-23)28(31-27-15-9-8-14-26(27)29-30-31)25(21-10-4-2-5-11-21)20-34(32)24-12-6-3-7-13-24/h2-19H,20H2,1H3/b28-25-. The number of hydrogen-bond donors (Lipinski definition) is 0.